The molecule has 0 aliphatic heterocycles. The van der Waals surface area contributed by atoms with Crippen LogP contribution < -0.4 is 0 Å². The monoisotopic (exact) mass is 176 g/mol. The molecule has 0 amide bonds. The van der Waals surface area contributed by atoms with Crippen LogP contribution in [0.5, 0.6) is 0 Å². The zero-order valence-electron chi connectivity index (χ0n) is 7.46. The van der Waals surface area contributed by atoms with Gasteiger partial charge in [0.1, 0.15) is 0 Å². The minimum Gasteiger partial charge on any atom is -0.466 e. The maximum atomic E-state index is 10.7. The number of rotatable bonds is 5. The van der Waals surface area contributed by atoms with E-state index < -0.39 is 0 Å². The van der Waals surface area contributed by atoms with Crippen LogP contribution in [0.1, 0.15) is 26.7 Å². The molecule has 0 unspecified atom stereocenters. The number of hydrogen-bond acceptors (Lipinski definition) is 4. The Morgan fingerprint density at radius 2 is 1.25 bits per heavy atom. The maximum Gasteiger partial charge on any atom is 0.306 e. The molecule has 0 saturated carbocycles. The van der Waals surface area contributed by atoms with Crippen molar-refractivity contribution in [3.63, 3.8) is 0 Å². The smallest absolute Gasteiger partial charge is 0.306 e. The first-order valence-electron chi connectivity index (χ1n) is 4.02. The van der Waals surface area contributed by atoms with Crippen LogP contribution in [0.2, 0.25) is 0 Å². The highest BCUT2D eigenvalue weighted by atomic mass is 16.6. The average molecular weight is 176 g/mol. The predicted octanol–water partition coefficient (Wildman–Crippen LogP) is 0.893. The van der Waals surface area contributed by atoms with E-state index in [2.05, 4.69) is 9.47 Å². The highest BCUT2D eigenvalue weighted by Crippen LogP contribution is 1.95. The molecule has 4 heteroatoms. The van der Waals surface area contributed by atoms with E-state index in [9.17, 15) is 9.59 Å². The summed E-state index contributed by atoms with van der Waals surface area (Å²) in [4.78, 5) is 21.4. The molecule has 0 aliphatic rings. The summed E-state index contributed by atoms with van der Waals surface area (Å²) in [5, 5.41) is 0. The first kappa shape index (κ1) is 10.9. The van der Waals surface area contributed by atoms with Crippen molar-refractivity contribution in [2.45, 2.75) is 26.7 Å². The molecule has 0 fully saturated rings. The summed E-state index contributed by atoms with van der Waals surface area (Å²) in [6, 6.07) is 0. The molecular weight excluding hydrogens is 162 g/mol. The Bertz CT molecular complexity index is 135. The summed E-state index contributed by atoms with van der Waals surface area (Å²) in [6.45, 7) is 4.15. The summed E-state index contributed by atoms with van der Waals surface area (Å²) in [6.07, 6.45) is 0.208. The lowest BCUT2D eigenvalue weighted by molar-refractivity contribution is -0.149. The molecule has 0 radical (unpaired) electrons. The third-order valence-electron chi connectivity index (χ3n) is 1.14. The van der Waals surface area contributed by atoms with Gasteiger partial charge >= 0.3 is 11.9 Å². The lowest BCUT2D eigenvalue weighted by Crippen LogP contribution is -2.09. The fourth-order valence-corrected chi connectivity index (χ4v) is 0.670. The lowest BCUT2D eigenvalue weighted by Gasteiger charge is -2.01. The highest BCUT2D eigenvalue weighted by Gasteiger charge is 2.06. The average Bonchev–Trinajstić information content (AvgIpc) is 2.02. The number of hydrogen-bond donors (Lipinski definition) is 0. The topological polar surface area (TPSA) is 52.6 Å². The van der Waals surface area contributed by atoms with Gasteiger partial charge in [-0.2, -0.15) is 0 Å². The molecule has 0 spiro atoms. The summed E-state index contributed by atoms with van der Waals surface area (Å²) >= 11 is 0. The van der Waals surface area contributed by atoms with Crippen molar-refractivity contribution in [1.29, 1.82) is 0 Å². The van der Waals surface area contributed by atoms with E-state index in [0.717, 1.165) is 0 Å². The SMILES string of the molecule is CCO[13C](=O)CC[13C](=O)OCC. The van der Waals surface area contributed by atoms with Gasteiger partial charge in [0.25, 0.3) is 0 Å². The molecule has 0 aromatic carbocycles. The summed E-state index contributed by atoms with van der Waals surface area (Å²) in [7, 11) is 0. The van der Waals surface area contributed by atoms with Crippen LogP contribution in [0, 0.1) is 0 Å². The summed E-state index contributed by atoms with van der Waals surface area (Å²) < 4.78 is 9.25. The fourth-order valence-electron chi connectivity index (χ4n) is 0.670. The van der Waals surface area contributed by atoms with Crippen molar-refractivity contribution >= 4 is 11.9 Å². The van der Waals surface area contributed by atoms with E-state index in [0.29, 0.717) is 13.2 Å². The third-order valence-corrected chi connectivity index (χ3v) is 1.14. The number of carbonyl (C=O) groups is 2. The Morgan fingerprint density at radius 3 is 1.50 bits per heavy atom. The van der Waals surface area contributed by atoms with E-state index in [1.165, 1.54) is 0 Å². The van der Waals surface area contributed by atoms with Crippen LogP contribution in [-0.2, 0) is 19.1 Å². The standard InChI is InChI=1S/C8H14O4/c1-3-11-7(9)5-6-8(10)12-4-2/h3-6H2,1-2H3/i7+1,8+1. The Labute approximate surface area is 71.8 Å². The zero-order valence-corrected chi connectivity index (χ0v) is 7.46. The van der Waals surface area contributed by atoms with Crippen molar-refractivity contribution in [2.24, 2.45) is 0 Å². The van der Waals surface area contributed by atoms with Gasteiger partial charge in [-0.05, 0) is 13.8 Å². The van der Waals surface area contributed by atoms with Crippen LogP contribution in [0.25, 0.3) is 0 Å². The third kappa shape index (κ3) is 5.70. The molecule has 12 heavy (non-hydrogen) atoms. The molecule has 0 N–H and O–H groups in total. The Balaban J connectivity index is 3.40. The van der Waals surface area contributed by atoms with Crippen molar-refractivity contribution in [3.8, 4) is 0 Å². The van der Waals surface area contributed by atoms with Gasteiger partial charge in [0.2, 0.25) is 0 Å². The summed E-state index contributed by atoms with van der Waals surface area (Å²) in [5.41, 5.74) is 0. The first-order valence-corrected chi connectivity index (χ1v) is 4.02. The molecule has 0 atom stereocenters. The molecule has 0 rings (SSSR count). The van der Waals surface area contributed by atoms with Crippen LogP contribution in [-0.4, -0.2) is 25.2 Å². The van der Waals surface area contributed by atoms with E-state index in [-0.39, 0.29) is 24.8 Å². The van der Waals surface area contributed by atoms with E-state index >= 15 is 0 Å². The summed E-state index contributed by atoms with van der Waals surface area (Å²) in [5.74, 6) is -0.712. The Hall–Kier alpha value is -1.06. The van der Waals surface area contributed by atoms with Gasteiger partial charge in [0.05, 0.1) is 26.1 Å². The van der Waals surface area contributed by atoms with E-state index in [4.69, 9.17) is 0 Å². The van der Waals surface area contributed by atoms with Gasteiger partial charge in [-0.25, -0.2) is 0 Å². The fraction of sp³-hybridized carbons (Fsp3) is 0.750. The van der Waals surface area contributed by atoms with Crippen molar-refractivity contribution in [1.82, 2.24) is 0 Å². The van der Waals surface area contributed by atoms with Crippen LogP contribution in [0.4, 0.5) is 0 Å². The molecular formula is C8H14O4. The predicted molar refractivity (Wildman–Crippen MR) is 42.5 cm³/mol. The van der Waals surface area contributed by atoms with Gasteiger partial charge in [-0.3, -0.25) is 9.59 Å². The quantitative estimate of drug-likeness (QED) is 0.461. The minimum atomic E-state index is -0.356. The molecule has 0 saturated heterocycles. The van der Waals surface area contributed by atoms with Gasteiger partial charge in [-0.15, -0.1) is 0 Å². The normalized spacial score (nSPS) is 9.17. The maximum absolute atomic E-state index is 10.7. The molecule has 0 aromatic heterocycles. The van der Waals surface area contributed by atoms with Crippen LogP contribution in [0.15, 0.2) is 0 Å². The molecule has 4 nitrogen and oxygen atoms in total. The minimum absolute atomic E-state index is 0.104. The number of esters is 2. The molecule has 0 aliphatic carbocycles. The number of carbonyl (C=O) groups excluding carboxylic acids is 2. The second-order valence-electron chi connectivity index (χ2n) is 2.11. The van der Waals surface area contributed by atoms with Crippen molar-refractivity contribution in [3.05, 3.63) is 0 Å². The van der Waals surface area contributed by atoms with Gasteiger partial charge in [0, 0.05) is 0 Å². The first-order chi connectivity index (χ1) is 5.70. The molecule has 0 heterocycles. The van der Waals surface area contributed by atoms with Crippen molar-refractivity contribution in [2.75, 3.05) is 13.2 Å². The zero-order chi connectivity index (χ0) is 9.40. The van der Waals surface area contributed by atoms with E-state index in [1.807, 2.05) is 0 Å². The largest absolute Gasteiger partial charge is 0.466 e. The Kier molecular flexibility index (Phi) is 6.05. The van der Waals surface area contributed by atoms with Crippen molar-refractivity contribution < 1.29 is 19.1 Å². The van der Waals surface area contributed by atoms with Gasteiger partial charge in [-0.1, -0.05) is 0 Å². The van der Waals surface area contributed by atoms with Crippen LogP contribution in [0.3, 0.4) is 0 Å². The molecule has 0 bridgehead atoms. The highest BCUT2D eigenvalue weighted by molar-refractivity contribution is 5.77. The van der Waals surface area contributed by atoms with Gasteiger partial charge < -0.3 is 9.47 Å². The Morgan fingerprint density at radius 1 is 0.917 bits per heavy atom. The second kappa shape index (κ2) is 6.64. The number of ether oxygens (including phenoxy) is 2. The van der Waals surface area contributed by atoms with Gasteiger partial charge in [0.15, 0.2) is 0 Å². The van der Waals surface area contributed by atoms with Crippen LogP contribution >= 0.6 is 0 Å². The molecule has 70 valence electrons. The van der Waals surface area contributed by atoms with E-state index in [1.54, 1.807) is 13.8 Å². The molecule has 0 aromatic rings. The second-order valence-corrected chi connectivity index (χ2v) is 2.11. The lowest BCUT2D eigenvalue weighted by atomic mass is 10.5.